The van der Waals surface area contributed by atoms with Crippen molar-refractivity contribution in [2.45, 2.75) is 213 Å². The van der Waals surface area contributed by atoms with Gasteiger partial charge >= 0.3 is 11.9 Å². The molecule has 0 amide bonds. The number of carbonyl (C=O) groups excluding carboxylic acids is 2. The first-order valence-corrected chi connectivity index (χ1v) is 18.8. The van der Waals surface area contributed by atoms with Crippen molar-refractivity contribution in [3.05, 3.63) is 24.3 Å². The number of unbranched alkanes of at least 4 members (excludes halogenated alkanes) is 21. The van der Waals surface area contributed by atoms with Gasteiger partial charge < -0.3 is 9.47 Å². The predicted octanol–water partition coefficient (Wildman–Crippen LogP) is 12.9. The summed E-state index contributed by atoms with van der Waals surface area (Å²) in [5.74, 6) is -0.447. The molecule has 0 radical (unpaired) electrons. The van der Waals surface area contributed by atoms with Gasteiger partial charge in [0.2, 0.25) is 6.29 Å². The molecule has 1 unspecified atom stereocenters. The lowest BCUT2D eigenvalue weighted by Gasteiger charge is -2.18. The van der Waals surface area contributed by atoms with Crippen LogP contribution in [0.1, 0.15) is 207 Å². The molecule has 0 rings (SSSR count). The van der Waals surface area contributed by atoms with E-state index in [2.05, 4.69) is 45.1 Å². The average molecular weight is 605 g/mol. The summed E-state index contributed by atoms with van der Waals surface area (Å²) in [6, 6.07) is 0. The topological polar surface area (TPSA) is 52.6 Å². The summed E-state index contributed by atoms with van der Waals surface area (Å²) < 4.78 is 11.3. The maximum Gasteiger partial charge on any atom is 0.308 e. The Morgan fingerprint density at radius 2 is 0.791 bits per heavy atom. The quantitative estimate of drug-likeness (QED) is 0.0323. The Labute approximate surface area is 268 Å². The van der Waals surface area contributed by atoms with E-state index in [0.29, 0.717) is 19.3 Å². The van der Waals surface area contributed by atoms with Crippen molar-refractivity contribution >= 4 is 11.9 Å². The van der Waals surface area contributed by atoms with Crippen molar-refractivity contribution < 1.29 is 19.1 Å². The third kappa shape index (κ3) is 33.2. The van der Waals surface area contributed by atoms with E-state index in [1.165, 1.54) is 103 Å². The molecule has 0 aliphatic rings. The van der Waals surface area contributed by atoms with Gasteiger partial charge in [-0.3, -0.25) is 9.59 Å². The monoisotopic (exact) mass is 605 g/mol. The van der Waals surface area contributed by atoms with Crippen LogP contribution in [-0.2, 0) is 19.1 Å². The van der Waals surface area contributed by atoms with Crippen LogP contribution in [0.3, 0.4) is 0 Å². The van der Waals surface area contributed by atoms with E-state index >= 15 is 0 Å². The molecule has 0 saturated heterocycles. The molecule has 0 heterocycles. The second kappa shape index (κ2) is 34.9. The molecule has 0 aliphatic heterocycles. The standard InChI is InChI=1S/C39H72O4/c1-4-7-10-13-15-17-19-20-21-22-23-24-26-29-32-35-38(41)43-39(42-37(40)34-31-28-12-9-6-3)36-33-30-27-25-18-16-14-11-8-5-2/h15,17,20-21,39H,4-14,16,18-19,22-36H2,1-3H3. The summed E-state index contributed by atoms with van der Waals surface area (Å²) in [7, 11) is 0. The van der Waals surface area contributed by atoms with E-state index in [-0.39, 0.29) is 11.9 Å². The van der Waals surface area contributed by atoms with Crippen molar-refractivity contribution in [2.75, 3.05) is 0 Å². The van der Waals surface area contributed by atoms with Gasteiger partial charge in [-0.1, -0.05) is 161 Å². The van der Waals surface area contributed by atoms with E-state index in [1.807, 2.05) is 0 Å². The van der Waals surface area contributed by atoms with E-state index in [0.717, 1.165) is 64.2 Å². The zero-order chi connectivity index (χ0) is 31.5. The summed E-state index contributed by atoms with van der Waals surface area (Å²) in [4.78, 5) is 25.0. The molecular formula is C39H72O4. The molecule has 0 aromatic carbocycles. The third-order valence-corrected chi connectivity index (χ3v) is 8.14. The van der Waals surface area contributed by atoms with Crippen LogP contribution in [0.15, 0.2) is 24.3 Å². The third-order valence-electron chi connectivity index (χ3n) is 8.14. The molecule has 0 aliphatic carbocycles. The van der Waals surface area contributed by atoms with Crippen LogP contribution in [-0.4, -0.2) is 18.2 Å². The van der Waals surface area contributed by atoms with Crippen molar-refractivity contribution in [3.63, 3.8) is 0 Å². The molecule has 43 heavy (non-hydrogen) atoms. The molecule has 0 bridgehead atoms. The molecule has 0 aromatic rings. The maximum atomic E-state index is 12.6. The molecule has 0 saturated carbocycles. The minimum Gasteiger partial charge on any atom is -0.425 e. The van der Waals surface area contributed by atoms with Crippen LogP contribution < -0.4 is 0 Å². The fraction of sp³-hybridized carbons (Fsp3) is 0.846. The van der Waals surface area contributed by atoms with Gasteiger partial charge in [-0.25, -0.2) is 0 Å². The molecule has 0 spiro atoms. The van der Waals surface area contributed by atoms with Crippen LogP contribution in [0.4, 0.5) is 0 Å². The Hall–Kier alpha value is -1.58. The Kier molecular flexibility index (Phi) is 33.6. The number of ether oxygens (including phenoxy) is 2. The lowest BCUT2D eigenvalue weighted by Crippen LogP contribution is -2.24. The second-order valence-electron chi connectivity index (χ2n) is 12.5. The first-order valence-electron chi connectivity index (χ1n) is 18.8. The van der Waals surface area contributed by atoms with Gasteiger partial charge in [0.25, 0.3) is 0 Å². The highest BCUT2D eigenvalue weighted by molar-refractivity contribution is 5.71. The van der Waals surface area contributed by atoms with Crippen LogP contribution >= 0.6 is 0 Å². The van der Waals surface area contributed by atoms with Gasteiger partial charge in [0, 0.05) is 19.3 Å². The number of hydrogen-bond acceptors (Lipinski definition) is 4. The van der Waals surface area contributed by atoms with Crippen LogP contribution in [0.5, 0.6) is 0 Å². The van der Waals surface area contributed by atoms with Crippen molar-refractivity contribution in [2.24, 2.45) is 0 Å². The van der Waals surface area contributed by atoms with Crippen molar-refractivity contribution in [1.82, 2.24) is 0 Å². The van der Waals surface area contributed by atoms with Crippen molar-refractivity contribution in [3.8, 4) is 0 Å². The summed E-state index contributed by atoms with van der Waals surface area (Å²) in [5, 5.41) is 0. The fourth-order valence-corrected chi connectivity index (χ4v) is 5.31. The molecular weight excluding hydrogens is 532 g/mol. The molecule has 4 heteroatoms. The molecule has 4 nitrogen and oxygen atoms in total. The minimum atomic E-state index is -0.720. The minimum absolute atomic E-state index is 0.224. The first-order chi connectivity index (χ1) is 21.1. The number of carbonyl (C=O) groups is 2. The van der Waals surface area contributed by atoms with Crippen molar-refractivity contribution in [1.29, 1.82) is 0 Å². The van der Waals surface area contributed by atoms with Crippen LogP contribution in [0.2, 0.25) is 0 Å². The number of esters is 2. The zero-order valence-corrected chi connectivity index (χ0v) is 29.0. The maximum absolute atomic E-state index is 12.6. The first kappa shape index (κ1) is 41.4. The molecule has 0 N–H and O–H groups in total. The lowest BCUT2D eigenvalue weighted by atomic mass is 10.1. The van der Waals surface area contributed by atoms with E-state index in [9.17, 15) is 9.59 Å². The average Bonchev–Trinajstić information content (AvgIpc) is 2.99. The number of hydrogen-bond donors (Lipinski definition) is 0. The van der Waals surface area contributed by atoms with Gasteiger partial charge in [0.05, 0.1) is 0 Å². The number of allylic oxidation sites excluding steroid dienone is 4. The van der Waals surface area contributed by atoms with Crippen LogP contribution in [0.25, 0.3) is 0 Å². The predicted molar refractivity (Wildman–Crippen MR) is 185 cm³/mol. The van der Waals surface area contributed by atoms with Crippen LogP contribution in [0, 0.1) is 0 Å². The van der Waals surface area contributed by atoms with E-state index in [1.54, 1.807) is 0 Å². The number of rotatable bonds is 33. The Morgan fingerprint density at radius 1 is 0.442 bits per heavy atom. The normalized spacial score (nSPS) is 12.3. The smallest absolute Gasteiger partial charge is 0.308 e. The Bertz CT molecular complexity index is 654. The fourth-order valence-electron chi connectivity index (χ4n) is 5.31. The Balaban J connectivity index is 4.13. The van der Waals surface area contributed by atoms with Gasteiger partial charge in [0.1, 0.15) is 0 Å². The largest absolute Gasteiger partial charge is 0.425 e. The zero-order valence-electron chi connectivity index (χ0n) is 29.0. The highest BCUT2D eigenvalue weighted by Crippen LogP contribution is 2.16. The second-order valence-corrected chi connectivity index (χ2v) is 12.5. The molecule has 0 fully saturated rings. The highest BCUT2D eigenvalue weighted by Gasteiger charge is 2.18. The lowest BCUT2D eigenvalue weighted by molar-refractivity contribution is -0.189. The van der Waals surface area contributed by atoms with E-state index < -0.39 is 6.29 Å². The Morgan fingerprint density at radius 3 is 1.26 bits per heavy atom. The van der Waals surface area contributed by atoms with E-state index in [4.69, 9.17) is 9.47 Å². The SMILES string of the molecule is CCCCCC=CCC=CCCCCCCCC(=O)OC(CCCCCCCCCCCC)OC(=O)CCCCCCC. The van der Waals surface area contributed by atoms with Gasteiger partial charge in [-0.05, 0) is 51.4 Å². The van der Waals surface area contributed by atoms with Gasteiger partial charge in [0.15, 0.2) is 0 Å². The van der Waals surface area contributed by atoms with Gasteiger partial charge in [-0.15, -0.1) is 0 Å². The summed E-state index contributed by atoms with van der Waals surface area (Å²) in [6.45, 7) is 6.69. The summed E-state index contributed by atoms with van der Waals surface area (Å²) in [5.41, 5.74) is 0. The molecule has 1 atom stereocenters. The highest BCUT2D eigenvalue weighted by atomic mass is 16.7. The molecule has 0 aromatic heterocycles. The molecule has 252 valence electrons. The summed E-state index contributed by atoms with van der Waals surface area (Å²) >= 11 is 0. The van der Waals surface area contributed by atoms with Gasteiger partial charge in [-0.2, -0.15) is 0 Å². The summed E-state index contributed by atoms with van der Waals surface area (Å²) in [6.07, 6.45) is 40.6.